The number of hydrogen-bond donors (Lipinski definition) is 3. The Kier molecular flexibility index (Phi) is 4.68. The van der Waals surface area contributed by atoms with Gasteiger partial charge < -0.3 is 20.4 Å². The molecule has 0 saturated carbocycles. The van der Waals surface area contributed by atoms with E-state index in [1.54, 1.807) is 43.5 Å². The molecule has 28 heavy (non-hydrogen) atoms. The summed E-state index contributed by atoms with van der Waals surface area (Å²) < 4.78 is 18.5. The largest absolute Gasteiger partial charge is 0.497 e. The molecular weight excluding hydrogens is 357 g/mol. The minimum Gasteiger partial charge on any atom is -0.497 e. The van der Waals surface area contributed by atoms with Gasteiger partial charge in [-0.05, 0) is 60.7 Å². The van der Waals surface area contributed by atoms with Crippen LogP contribution in [0.4, 0.5) is 20.6 Å². The molecule has 0 saturated heterocycles. The van der Waals surface area contributed by atoms with Gasteiger partial charge >= 0.3 is 6.03 Å². The highest BCUT2D eigenvalue weighted by Gasteiger charge is 2.07. The zero-order valence-electron chi connectivity index (χ0n) is 15.1. The Balaban J connectivity index is 1.50. The van der Waals surface area contributed by atoms with Crippen molar-refractivity contribution in [1.82, 2.24) is 4.98 Å². The second kappa shape index (κ2) is 7.44. The predicted molar refractivity (Wildman–Crippen MR) is 109 cm³/mol. The van der Waals surface area contributed by atoms with E-state index < -0.39 is 0 Å². The number of methoxy groups -OCH3 is 1. The molecule has 2 amide bonds. The Morgan fingerprint density at radius 1 is 0.929 bits per heavy atom. The summed E-state index contributed by atoms with van der Waals surface area (Å²) in [6, 6.07) is 20.7. The number of urea groups is 1. The van der Waals surface area contributed by atoms with Crippen molar-refractivity contribution >= 4 is 28.3 Å². The molecule has 6 heteroatoms. The van der Waals surface area contributed by atoms with E-state index in [1.807, 2.05) is 24.3 Å². The van der Waals surface area contributed by atoms with E-state index in [0.29, 0.717) is 11.4 Å². The summed E-state index contributed by atoms with van der Waals surface area (Å²) >= 11 is 0. The molecule has 140 valence electrons. The molecule has 0 spiro atoms. The van der Waals surface area contributed by atoms with Crippen molar-refractivity contribution in [2.75, 3.05) is 17.7 Å². The molecule has 4 rings (SSSR count). The number of carbonyl (C=O) groups is 1. The summed E-state index contributed by atoms with van der Waals surface area (Å²) in [4.78, 5) is 15.5. The van der Waals surface area contributed by atoms with Crippen molar-refractivity contribution in [3.8, 4) is 17.0 Å². The van der Waals surface area contributed by atoms with Gasteiger partial charge in [0.25, 0.3) is 0 Å². The molecular formula is C22H18FN3O2. The lowest BCUT2D eigenvalue weighted by molar-refractivity contribution is 0.262. The van der Waals surface area contributed by atoms with E-state index in [-0.39, 0.29) is 11.8 Å². The molecule has 0 aliphatic heterocycles. The number of H-pyrrole nitrogens is 1. The number of aromatic nitrogens is 1. The van der Waals surface area contributed by atoms with Crippen LogP contribution in [0.2, 0.25) is 0 Å². The Labute approximate surface area is 161 Å². The molecule has 0 unspecified atom stereocenters. The topological polar surface area (TPSA) is 66.2 Å². The minimum atomic E-state index is -0.346. The zero-order valence-corrected chi connectivity index (χ0v) is 15.1. The van der Waals surface area contributed by atoms with Gasteiger partial charge in [0.15, 0.2) is 0 Å². The van der Waals surface area contributed by atoms with Crippen LogP contribution in [0.15, 0.2) is 72.8 Å². The highest BCUT2D eigenvalue weighted by Crippen LogP contribution is 2.26. The fraction of sp³-hybridized carbons (Fsp3) is 0.0455. The number of benzene rings is 3. The smallest absolute Gasteiger partial charge is 0.323 e. The molecule has 0 fully saturated rings. The third-order valence-electron chi connectivity index (χ3n) is 4.36. The molecule has 1 heterocycles. The number of carbonyl (C=O) groups excluding carboxylic acids is 1. The standard InChI is InChI=1S/C22H18FN3O2/c1-28-19-8-6-17(7-9-19)24-22(27)25-18-4-2-3-14(12-18)21-13-15-11-16(23)5-10-20(15)26-21/h2-13,26H,1H3,(H2,24,25,27). The van der Waals surface area contributed by atoms with E-state index in [4.69, 9.17) is 4.74 Å². The molecule has 0 atom stereocenters. The summed E-state index contributed by atoms with van der Waals surface area (Å²) in [5.41, 5.74) is 3.89. The fourth-order valence-corrected chi connectivity index (χ4v) is 2.99. The van der Waals surface area contributed by atoms with Crippen LogP contribution < -0.4 is 15.4 Å². The summed E-state index contributed by atoms with van der Waals surface area (Å²) in [5, 5.41) is 6.39. The first kappa shape index (κ1) is 17.6. The Bertz CT molecular complexity index is 1140. The van der Waals surface area contributed by atoms with Crippen LogP contribution in [-0.2, 0) is 0 Å². The maximum atomic E-state index is 13.4. The van der Waals surface area contributed by atoms with E-state index in [9.17, 15) is 9.18 Å². The summed E-state index contributed by atoms with van der Waals surface area (Å²) in [6.45, 7) is 0. The second-order valence-electron chi connectivity index (χ2n) is 6.30. The van der Waals surface area contributed by atoms with Crippen molar-refractivity contribution < 1.29 is 13.9 Å². The van der Waals surface area contributed by atoms with E-state index in [0.717, 1.165) is 27.9 Å². The van der Waals surface area contributed by atoms with Crippen LogP contribution in [0.5, 0.6) is 5.75 Å². The highest BCUT2D eigenvalue weighted by molar-refractivity contribution is 6.00. The molecule has 0 radical (unpaired) electrons. The third kappa shape index (κ3) is 3.81. The highest BCUT2D eigenvalue weighted by atomic mass is 19.1. The normalized spacial score (nSPS) is 10.6. The quantitative estimate of drug-likeness (QED) is 0.433. The van der Waals surface area contributed by atoms with Crippen LogP contribution in [0, 0.1) is 5.82 Å². The summed E-state index contributed by atoms with van der Waals surface area (Å²) in [6.07, 6.45) is 0. The molecule has 3 N–H and O–H groups in total. The third-order valence-corrected chi connectivity index (χ3v) is 4.36. The first-order chi connectivity index (χ1) is 13.6. The summed E-state index contributed by atoms with van der Waals surface area (Å²) in [5.74, 6) is 0.445. The Morgan fingerprint density at radius 2 is 1.71 bits per heavy atom. The number of amides is 2. The maximum absolute atomic E-state index is 13.4. The Hall–Kier alpha value is -3.80. The lowest BCUT2D eigenvalue weighted by Crippen LogP contribution is -2.19. The van der Waals surface area contributed by atoms with Crippen molar-refractivity contribution in [2.24, 2.45) is 0 Å². The lowest BCUT2D eigenvalue weighted by atomic mass is 10.1. The van der Waals surface area contributed by atoms with Gasteiger partial charge in [0.2, 0.25) is 0 Å². The van der Waals surface area contributed by atoms with Crippen LogP contribution in [0.3, 0.4) is 0 Å². The van der Waals surface area contributed by atoms with Crippen molar-refractivity contribution in [3.05, 3.63) is 78.6 Å². The SMILES string of the molecule is COc1ccc(NC(=O)Nc2cccc(-c3cc4cc(F)ccc4[nH]3)c2)cc1. The minimum absolute atomic E-state index is 0.274. The van der Waals surface area contributed by atoms with Gasteiger partial charge in [-0.15, -0.1) is 0 Å². The fourth-order valence-electron chi connectivity index (χ4n) is 2.99. The van der Waals surface area contributed by atoms with Crippen LogP contribution in [0.25, 0.3) is 22.2 Å². The van der Waals surface area contributed by atoms with Gasteiger partial charge in [-0.3, -0.25) is 0 Å². The molecule has 0 aliphatic rings. The molecule has 1 aromatic heterocycles. The van der Waals surface area contributed by atoms with Crippen LogP contribution in [-0.4, -0.2) is 18.1 Å². The van der Waals surface area contributed by atoms with Gasteiger partial charge in [-0.25, -0.2) is 9.18 Å². The van der Waals surface area contributed by atoms with Gasteiger partial charge in [-0.1, -0.05) is 12.1 Å². The average molecular weight is 375 g/mol. The van der Waals surface area contributed by atoms with Crippen LogP contribution >= 0.6 is 0 Å². The van der Waals surface area contributed by atoms with E-state index in [1.165, 1.54) is 12.1 Å². The second-order valence-corrected chi connectivity index (χ2v) is 6.30. The van der Waals surface area contributed by atoms with Gasteiger partial charge in [0.1, 0.15) is 11.6 Å². The molecule has 3 aromatic carbocycles. The van der Waals surface area contributed by atoms with Crippen LogP contribution in [0.1, 0.15) is 0 Å². The van der Waals surface area contributed by atoms with Crippen molar-refractivity contribution in [2.45, 2.75) is 0 Å². The molecule has 5 nitrogen and oxygen atoms in total. The molecule has 4 aromatic rings. The number of anilines is 2. The zero-order chi connectivity index (χ0) is 19.5. The number of hydrogen-bond acceptors (Lipinski definition) is 2. The first-order valence-corrected chi connectivity index (χ1v) is 8.71. The average Bonchev–Trinajstić information content (AvgIpc) is 3.12. The maximum Gasteiger partial charge on any atom is 0.323 e. The van der Waals surface area contributed by atoms with Gasteiger partial charge in [0.05, 0.1) is 7.11 Å². The number of nitrogens with one attached hydrogen (secondary N) is 3. The monoisotopic (exact) mass is 375 g/mol. The van der Waals surface area contributed by atoms with E-state index in [2.05, 4.69) is 15.6 Å². The summed E-state index contributed by atoms with van der Waals surface area (Å²) in [7, 11) is 1.59. The first-order valence-electron chi connectivity index (χ1n) is 8.71. The number of rotatable bonds is 4. The van der Waals surface area contributed by atoms with Crippen molar-refractivity contribution in [1.29, 1.82) is 0 Å². The van der Waals surface area contributed by atoms with Crippen molar-refractivity contribution in [3.63, 3.8) is 0 Å². The molecule has 0 bridgehead atoms. The number of ether oxygens (including phenoxy) is 1. The van der Waals surface area contributed by atoms with E-state index >= 15 is 0 Å². The predicted octanol–water partition coefficient (Wildman–Crippen LogP) is 5.63. The molecule has 0 aliphatic carbocycles. The van der Waals surface area contributed by atoms with Gasteiger partial charge in [0, 0.05) is 33.5 Å². The van der Waals surface area contributed by atoms with Gasteiger partial charge in [-0.2, -0.15) is 0 Å². The Morgan fingerprint density at radius 3 is 2.50 bits per heavy atom. The lowest BCUT2D eigenvalue weighted by Gasteiger charge is -2.09. The number of fused-ring (bicyclic) bond motifs is 1. The number of aromatic amines is 1. The number of halogens is 1.